The highest BCUT2D eigenvalue weighted by Crippen LogP contribution is 2.39. The van der Waals surface area contributed by atoms with E-state index in [0.29, 0.717) is 12.0 Å². The Balaban J connectivity index is 2.10. The molecule has 8 heteroatoms. The number of aliphatic hydroxyl groups excluding tert-OH is 4. The third kappa shape index (κ3) is 4.50. The minimum Gasteiger partial charge on any atom is -0.492 e. The second-order valence-corrected chi connectivity index (χ2v) is 7.86. The monoisotopic (exact) mass is 443 g/mol. The first-order valence-electron chi connectivity index (χ1n) is 10.6. The van der Waals surface area contributed by atoms with Crippen LogP contribution in [0.25, 0.3) is 0 Å². The Labute approximate surface area is 186 Å². The Morgan fingerprint density at radius 3 is 2.28 bits per heavy atom. The lowest BCUT2D eigenvalue weighted by atomic mass is 9.86. The van der Waals surface area contributed by atoms with Gasteiger partial charge in [0.15, 0.2) is 0 Å². The van der Waals surface area contributed by atoms with Gasteiger partial charge in [-0.2, -0.15) is 5.26 Å². The summed E-state index contributed by atoms with van der Waals surface area (Å²) in [4.78, 5) is 0. The lowest BCUT2D eigenvalue weighted by Gasteiger charge is -2.45. The standard InChI is InChI=1S/C24H29NO7/c1-3-14-5-7-15(8-6-14)9-16-10-17(11-19(31-4-2)18(16)12-25)24(30)23(29)22(28)21(27)20(13-26)32-24/h5-8,10-11,20-23,26-30H,3-4,9,13H2,1-2H3/t20-,21-,22+,23-,24+/m1/s1. The van der Waals surface area contributed by atoms with Crippen LogP contribution in [0.2, 0.25) is 0 Å². The van der Waals surface area contributed by atoms with Crippen molar-refractivity contribution < 1.29 is 35.0 Å². The lowest BCUT2D eigenvalue weighted by molar-refractivity contribution is -0.357. The molecule has 2 aromatic carbocycles. The Kier molecular flexibility index (Phi) is 7.51. The van der Waals surface area contributed by atoms with Crippen LogP contribution < -0.4 is 4.74 Å². The lowest BCUT2D eigenvalue weighted by Crippen LogP contribution is -2.63. The van der Waals surface area contributed by atoms with E-state index < -0.39 is 36.8 Å². The van der Waals surface area contributed by atoms with Crippen molar-refractivity contribution in [2.24, 2.45) is 0 Å². The topological polar surface area (TPSA) is 143 Å². The maximum atomic E-state index is 11.2. The zero-order valence-electron chi connectivity index (χ0n) is 18.1. The molecule has 32 heavy (non-hydrogen) atoms. The molecule has 0 aliphatic carbocycles. The van der Waals surface area contributed by atoms with Gasteiger partial charge in [0.05, 0.1) is 18.8 Å². The first-order chi connectivity index (χ1) is 15.3. The summed E-state index contributed by atoms with van der Waals surface area (Å²) in [6, 6.07) is 12.9. The van der Waals surface area contributed by atoms with Crippen molar-refractivity contribution in [1.82, 2.24) is 0 Å². The molecular formula is C24H29NO7. The van der Waals surface area contributed by atoms with Crippen LogP contribution in [0.15, 0.2) is 36.4 Å². The van der Waals surface area contributed by atoms with Crippen LogP contribution >= 0.6 is 0 Å². The quantitative estimate of drug-likeness (QED) is 0.421. The summed E-state index contributed by atoms with van der Waals surface area (Å²) in [5.41, 5.74) is 2.95. The van der Waals surface area contributed by atoms with Crippen molar-refractivity contribution in [2.75, 3.05) is 13.2 Å². The molecule has 0 spiro atoms. The van der Waals surface area contributed by atoms with Crippen molar-refractivity contribution in [1.29, 1.82) is 5.26 Å². The number of benzene rings is 2. The largest absolute Gasteiger partial charge is 0.492 e. The van der Waals surface area contributed by atoms with Gasteiger partial charge in [0, 0.05) is 5.56 Å². The molecule has 8 nitrogen and oxygen atoms in total. The molecule has 0 bridgehead atoms. The van der Waals surface area contributed by atoms with E-state index in [1.807, 2.05) is 24.3 Å². The van der Waals surface area contributed by atoms with Gasteiger partial charge in [-0.25, -0.2) is 0 Å². The number of hydrogen-bond donors (Lipinski definition) is 5. The zero-order valence-corrected chi connectivity index (χ0v) is 18.1. The molecule has 0 unspecified atom stereocenters. The molecule has 0 amide bonds. The van der Waals surface area contributed by atoms with Gasteiger partial charge in [0.25, 0.3) is 0 Å². The minimum absolute atomic E-state index is 0.0389. The Bertz CT molecular complexity index is 970. The van der Waals surface area contributed by atoms with Gasteiger partial charge in [-0.05, 0) is 48.6 Å². The second kappa shape index (κ2) is 9.96. The van der Waals surface area contributed by atoms with E-state index in [-0.39, 0.29) is 23.5 Å². The highest BCUT2D eigenvalue weighted by atomic mass is 16.7. The highest BCUT2D eigenvalue weighted by Gasteiger charge is 2.54. The molecule has 0 saturated carbocycles. The molecular weight excluding hydrogens is 414 g/mol. The van der Waals surface area contributed by atoms with Crippen molar-refractivity contribution >= 4 is 0 Å². The third-order valence-electron chi connectivity index (χ3n) is 5.80. The fraction of sp³-hybridized carbons (Fsp3) is 0.458. The summed E-state index contributed by atoms with van der Waals surface area (Å²) in [7, 11) is 0. The molecule has 2 aromatic rings. The van der Waals surface area contributed by atoms with Gasteiger partial charge < -0.3 is 35.0 Å². The first kappa shape index (κ1) is 24.1. The summed E-state index contributed by atoms with van der Waals surface area (Å²) in [6.45, 7) is 3.38. The summed E-state index contributed by atoms with van der Waals surface area (Å²) in [5.74, 6) is -2.25. The van der Waals surface area contributed by atoms with Crippen LogP contribution in [-0.2, 0) is 23.4 Å². The number of hydrogen-bond acceptors (Lipinski definition) is 8. The average Bonchev–Trinajstić information content (AvgIpc) is 2.80. The normalized spacial score (nSPS) is 27.7. The summed E-state index contributed by atoms with van der Waals surface area (Å²) < 4.78 is 11.1. The van der Waals surface area contributed by atoms with Gasteiger partial charge in [-0.1, -0.05) is 31.2 Å². The number of nitrogens with zero attached hydrogens (tertiary/aromatic N) is 1. The first-order valence-corrected chi connectivity index (χ1v) is 10.6. The third-order valence-corrected chi connectivity index (χ3v) is 5.80. The smallest absolute Gasteiger partial charge is 0.222 e. The molecule has 1 saturated heterocycles. The fourth-order valence-corrected chi connectivity index (χ4v) is 3.92. The molecule has 1 aliphatic heterocycles. The van der Waals surface area contributed by atoms with Crippen LogP contribution in [0.5, 0.6) is 5.75 Å². The van der Waals surface area contributed by atoms with E-state index in [9.17, 15) is 30.8 Å². The molecule has 0 radical (unpaired) electrons. The van der Waals surface area contributed by atoms with E-state index in [2.05, 4.69) is 13.0 Å². The van der Waals surface area contributed by atoms with E-state index in [0.717, 1.165) is 12.0 Å². The predicted molar refractivity (Wildman–Crippen MR) is 115 cm³/mol. The zero-order chi connectivity index (χ0) is 23.5. The van der Waals surface area contributed by atoms with Crippen molar-refractivity contribution in [3.63, 3.8) is 0 Å². The summed E-state index contributed by atoms with van der Waals surface area (Å²) in [5, 5.41) is 61.3. The van der Waals surface area contributed by atoms with Crippen molar-refractivity contribution in [3.05, 3.63) is 64.2 Å². The Hall–Kier alpha value is -2.51. The Morgan fingerprint density at radius 2 is 1.72 bits per heavy atom. The molecule has 0 aromatic heterocycles. The van der Waals surface area contributed by atoms with Gasteiger partial charge in [-0.3, -0.25) is 0 Å². The second-order valence-electron chi connectivity index (χ2n) is 7.86. The van der Waals surface area contributed by atoms with Crippen LogP contribution in [-0.4, -0.2) is 63.2 Å². The van der Waals surface area contributed by atoms with Crippen molar-refractivity contribution in [3.8, 4) is 11.8 Å². The molecule has 1 fully saturated rings. The summed E-state index contributed by atoms with van der Waals surface area (Å²) >= 11 is 0. The summed E-state index contributed by atoms with van der Waals surface area (Å²) in [6.07, 6.45) is -5.33. The van der Waals surface area contributed by atoms with E-state index in [4.69, 9.17) is 9.47 Å². The number of aryl methyl sites for hydroxylation is 1. The molecule has 3 rings (SSSR count). The number of nitriles is 1. The number of rotatable bonds is 7. The molecule has 5 N–H and O–H groups in total. The predicted octanol–water partition coefficient (Wildman–Crippen LogP) is 0.729. The van der Waals surface area contributed by atoms with Gasteiger partial charge in [0.1, 0.15) is 36.2 Å². The minimum atomic E-state index is -2.44. The maximum absolute atomic E-state index is 11.2. The fourth-order valence-electron chi connectivity index (χ4n) is 3.92. The Morgan fingerprint density at radius 1 is 1.06 bits per heavy atom. The van der Waals surface area contributed by atoms with Crippen LogP contribution in [0.1, 0.15) is 41.7 Å². The van der Waals surface area contributed by atoms with E-state index in [1.165, 1.54) is 17.7 Å². The SMILES string of the molecule is CCOc1cc([C@]2(O)O[C@H](CO)[C@@H](O)[C@H](O)[C@H]2O)cc(Cc2ccc(CC)cc2)c1C#N. The van der Waals surface area contributed by atoms with Crippen molar-refractivity contribution in [2.45, 2.75) is 56.9 Å². The maximum Gasteiger partial charge on any atom is 0.222 e. The number of aliphatic hydroxyl groups is 5. The average molecular weight is 443 g/mol. The van der Waals surface area contributed by atoms with Crippen LogP contribution in [0.4, 0.5) is 0 Å². The van der Waals surface area contributed by atoms with Crippen LogP contribution in [0.3, 0.4) is 0 Å². The van der Waals surface area contributed by atoms with Gasteiger partial charge >= 0.3 is 0 Å². The highest BCUT2D eigenvalue weighted by molar-refractivity contribution is 5.54. The van der Waals surface area contributed by atoms with Crippen LogP contribution in [0, 0.1) is 11.3 Å². The molecule has 1 aliphatic rings. The number of ether oxygens (including phenoxy) is 2. The molecule has 1 heterocycles. The molecule has 5 atom stereocenters. The molecule has 172 valence electrons. The van der Waals surface area contributed by atoms with E-state index in [1.54, 1.807) is 6.92 Å². The van der Waals surface area contributed by atoms with E-state index >= 15 is 0 Å². The van der Waals surface area contributed by atoms with Gasteiger partial charge in [-0.15, -0.1) is 0 Å². The van der Waals surface area contributed by atoms with Gasteiger partial charge in [0.2, 0.25) is 5.79 Å².